The summed E-state index contributed by atoms with van der Waals surface area (Å²) in [7, 11) is 0.244. The molecule has 0 amide bonds. The lowest BCUT2D eigenvalue weighted by molar-refractivity contribution is -0.192. The standard InChI is InChI=1S/C15H21FN2O3S.C2HF3O2/c1-17(2)14-10-18(13-4-3-9-21-15(13)14)22(19,20)12-7-5-11(16)6-8-12;3-2(4,5)1(6)7/h5-8,13-15H,3-4,9-10H2,1-2H3;(H,6,7)/t13-,14-,15+;/m1./s1. The Morgan fingerprint density at radius 3 is 2.28 bits per heavy atom. The number of benzene rings is 1. The summed E-state index contributed by atoms with van der Waals surface area (Å²) >= 11 is 0. The van der Waals surface area contributed by atoms with E-state index >= 15 is 0 Å². The highest BCUT2D eigenvalue weighted by molar-refractivity contribution is 7.89. The van der Waals surface area contributed by atoms with Gasteiger partial charge < -0.3 is 14.7 Å². The topological polar surface area (TPSA) is 87.2 Å². The predicted octanol–water partition coefficient (Wildman–Crippen LogP) is 1.94. The maximum atomic E-state index is 13.1. The zero-order valence-corrected chi connectivity index (χ0v) is 16.6. The largest absolute Gasteiger partial charge is 0.490 e. The Kier molecular flexibility index (Phi) is 7.25. The smallest absolute Gasteiger partial charge is 0.475 e. The van der Waals surface area contributed by atoms with Gasteiger partial charge in [0.1, 0.15) is 5.82 Å². The number of hydrogen-bond acceptors (Lipinski definition) is 5. The molecule has 2 saturated heterocycles. The summed E-state index contributed by atoms with van der Waals surface area (Å²) in [6, 6.07) is 4.91. The van der Waals surface area contributed by atoms with Gasteiger partial charge in [-0.2, -0.15) is 17.5 Å². The molecule has 2 fully saturated rings. The quantitative estimate of drug-likeness (QED) is 0.720. The number of alkyl halides is 3. The van der Waals surface area contributed by atoms with E-state index in [9.17, 15) is 26.0 Å². The Hall–Kier alpha value is -1.76. The summed E-state index contributed by atoms with van der Waals surface area (Å²) in [4.78, 5) is 11.0. The first kappa shape index (κ1) is 23.5. The Morgan fingerprint density at radius 1 is 1.24 bits per heavy atom. The van der Waals surface area contributed by atoms with Crippen molar-refractivity contribution < 1.29 is 40.6 Å². The maximum absolute atomic E-state index is 13.1. The maximum Gasteiger partial charge on any atom is 0.490 e. The molecule has 0 unspecified atom stereocenters. The van der Waals surface area contributed by atoms with Gasteiger partial charge in [0.05, 0.1) is 23.1 Å². The summed E-state index contributed by atoms with van der Waals surface area (Å²) in [6.07, 6.45) is -3.52. The molecule has 2 aliphatic heterocycles. The van der Waals surface area contributed by atoms with E-state index in [0.29, 0.717) is 13.2 Å². The van der Waals surface area contributed by atoms with Gasteiger partial charge in [0.2, 0.25) is 10.0 Å². The average molecular weight is 442 g/mol. The van der Waals surface area contributed by atoms with Crippen molar-refractivity contribution in [1.82, 2.24) is 9.21 Å². The predicted molar refractivity (Wildman–Crippen MR) is 94.2 cm³/mol. The van der Waals surface area contributed by atoms with Crippen LogP contribution in [-0.4, -0.2) is 80.3 Å². The molecule has 2 aliphatic rings. The number of hydrogen-bond donors (Lipinski definition) is 1. The van der Waals surface area contributed by atoms with Gasteiger partial charge in [-0.05, 0) is 51.2 Å². The van der Waals surface area contributed by atoms with Crippen LogP contribution >= 0.6 is 0 Å². The summed E-state index contributed by atoms with van der Waals surface area (Å²) in [6.45, 7) is 1.08. The summed E-state index contributed by atoms with van der Waals surface area (Å²) in [5.74, 6) is -3.20. The Balaban J connectivity index is 0.000000370. The molecule has 29 heavy (non-hydrogen) atoms. The lowest BCUT2D eigenvalue weighted by Crippen LogP contribution is -2.45. The second-order valence-electron chi connectivity index (χ2n) is 6.91. The first-order valence-electron chi connectivity index (χ1n) is 8.71. The highest BCUT2D eigenvalue weighted by Gasteiger charge is 2.49. The van der Waals surface area contributed by atoms with Gasteiger partial charge in [0.25, 0.3) is 0 Å². The number of carboxylic acids is 1. The van der Waals surface area contributed by atoms with Crippen LogP contribution in [0.25, 0.3) is 0 Å². The van der Waals surface area contributed by atoms with Gasteiger partial charge in [0, 0.05) is 13.2 Å². The molecule has 0 saturated carbocycles. The van der Waals surface area contributed by atoms with E-state index in [1.807, 2.05) is 19.0 Å². The van der Waals surface area contributed by atoms with Crippen molar-refractivity contribution in [2.24, 2.45) is 0 Å². The number of fused-ring (bicyclic) bond motifs is 1. The van der Waals surface area contributed by atoms with E-state index in [1.165, 1.54) is 28.6 Å². The Bertz CT molecular complexity index is 814. The molecule has 12 heteroatoms. The fourth-order valence-electron chi connectivity index (χ4n) is 3.36. The van der Waals surface area contributed by atoms with Gasteiger partial charge in [-0.1, -0.05) is 0 Å². The van der Waals surface area contributed by atoms with E-state index < -0.39 is 28.0 Å². The van der Waals surface area contributed by atoms with Crippen molar-refractivity contribution in [3.63, 3.8) is 0 Å². The van der Waals surface area contributed by atoms with Gasteiger partial charge in [-0.15, -0.1) is 0 Å². The van der Waals surface area contributed by atoms with Gasteiger partial charge >= 0.3 is 12.1 Å². The fraction of sp³-hybridized carbons (Fsp3) is 0.588. The SMILES string of the molecule is CN(C)[C@@H]1CN(S(=O)(=O)c2ccc(F)cc2)[C@@H]2CCCO[C@H]12.O=C(O)C(F)(F)F. The minimum atomic E-state index is -5.08. The molecule has 3 atom stereocenters. The molecule has 0 radical (unpaired) electrons. The molecule has 0 aliphatic carbocycles. The lowest BCUT2D eigenvalue weighted by atomic mass is 10.0. The monoisotopic (exact) mass is 442 g/mol. The number of nitrogens with zero attached hydrogens (tertiary/aromatic N) is 2. The van der Waals surface area contributed by atoms with Gasteiger partial charge in [0.15, 0.2) is 0 Å². The number of rotatable bonds is 3. The van der Waals surface area contributed by atoms with Crippen LogP contribution in [0.3, 0.4) is 0 Å². The van der Waals surface area contributed by atoms with Crippen LogP contribution in [0, 0.1) is 5.82 Å². The van der Waals surface area contributed by atoms with Crippen LogP contribution in [-0.2, 0) is 19.6 Å². The van der Waals surface area contributed by atoms with Crippen molar-refractivity contribution in [1.29, 1.82) is 0 Å². The Morgan fingerprint density at radius 2 is 1.79 bits per heavy atom. The van der Waals surface area contributed by atoms with Crippen molar-refractivity contribution in [2.75, 3.05) is 27.2 Å². The minimum absolute atomic E-state index is 0.0422. The second kappa shape index (κ2) is 8.94. The number of ether oxygens (including phenoxy) is 1. The van der Waals surface area contributed by atoms with E-state index in [-0.39, 0.29) is 23.1 Å². The van der Waals surface area contributed by atoms with Crippen LogP contribution < -0.4 is 0 Å². The molecule has 3 rings (SSSR count). The third kappa shape index (κ3) is 5.44. The number of sulfonamides is 1. The normalized spacial score (nSPS) is 25.3. The molecule has 1 aromatic rings. The third-order valence-electron chi connectivity index (χ3n) is 4.78. The molecule has 1 N–H and O–H groups in total. The van der Waals surface area contributed by atoms with E-state index in [2.05, 4.69) is 0 Å². The molecule has 0 bridgehead atoms. The molecular formula is C17H22F4N2O5S. The van der Waals surface area contributed by atoms with Crippen molar-refractivity contribution in [3.05, 3.63) is 30.1 Å². The zero-order chi connectivity index (χ0) is 22.0. The molecule has 0 aromatic heterocycles. The number of carbonyl (C=O) groups is 1. The van der Waals surface area contributed by atoms with Crippen LogP contribution in [0.15, 0.2) is 29.2 Å². The lowest BCUT2D eigenvalue weighted by Gasteiger charge is -2.33. The number of likely N-dealkylation sites (N-methyl/N-ethyl adjacent to an activating group) is 1. The molecular weight excluding hydrogens is 420 g/mol. The fourth-order valence-corrected chi connectivity index (χ4v) is 5.04. The summed E-state index contributed by atoms with van der Waals surface area (Å²) in [5, 5.41) is 7.12. The molecule has 164 valence electrons. The van der Waals surface area contributed by atoms with Crippen LogP contribution in [0.4, 0.5) is 17.6 Å². The highest BCUT2D eigenvalue weighted by Crippen LogP contribution is 2.35. The summed E-state index contributed by atoms with van der Waals surface area (Å²) in [5.41, 5.74) is 0. The van der Waals surface area contributed by atoms with Crippen LogP contribution in [0.5, 0.6) is 0 Å². The summed E-state index contributed by atoms with van der Waals surface area (Å²) < 4.78 is 78.0. The van der Waals surface area contributed by atoms with Crippen molar-refractivity contribution in [3.8, 4) is 0 Å². The van der Waals surface area contributed by atoms with E-state index in [0.717, 1.165) is 12.8 Å². The van der Waals surface area contributed by atoms with E-state index in [1.54, 1.807) is 0 Å². The minimum Gasteiger partial charge on any atom is -0.475 e. The van der Waals surface area contributed by atoms with Crippen molar-refractivity contribution >= 4 is 16.0 Å². The molecule has 0 spiro atoms. The average Bonchev–Trinajstić information content (AvgIpc) is 3.02. The van der Waals surface area contributed by atoms with Gasteiger partial charge in [-0.3, -0.25) is 0 Å². The second-order valence-corrected chi connectivity index (χ2v) is 8.80. The first-order chi connectivity index (χ1) is 13.4. The molecule has 7 nitrogen and oxygen atoms in total. The number of halogens is 4. The molecule has 1 aromatic carbocycles. The highest BCUT2D eigenvalue weighted by atomic mass is 32.2. The van der Waals surface area contributed by atoms with Crippen LogP contribution in [0.2, 0.25) is 0 Å². The van der Waals surface area contributed by atoms with Crippen molar-refractivity contribution in [2.45, 2.75) is 42.1 Å². The Labute approximate surface area is 165 Å². The zero-order valence-electron chi connectivity index (χ0n) is 15.8. The number of carboxylic acid groups (broad SMARTS) is 1. The molecule has 2 heterocycles. The van der Waals surface area contributed by atoms with Gasteiger partial charge in [-0.25, -0.2) is 17.6 Å². The first-order valence-corrected chi connectivity index (χ1v) is 10.1. The van der Waals surface area contributed by atoms with E-state index in [4.69, 9.17) is 14.6 Å². The van der Waals surface area contributed by atoms with Crippen LogP contribution in [0.1, 0.15) is 12.8 Å². The number of aliphatic carboxylic acids is 1. The third-order valence-corrected chi connectivity index (χ3v) is 6.68.